The molecule has 92 valence electrons. The molecule has 0 fully saturated rings. The Kier molecular flexibility index (Phi) is 4.89. The minimum absolute atomic E-state index is 0.168. The molecule has 2 N–H and O–H groups in total. The lowest BCUT2D eigenvalue weighted by Crippen LogP contribution is -2.40. The predicted molar refractivity (Wildman–Crippen MR) is 68.6 cm³/mol. The van der Waals surface area contributed by atoms with E-state index in [1.54, 1.807) is 11.3 Å². The highest BCUT2D eigenvalue weighted by molar-refractivity contribution is 7.09. The largest absolute Gasteiger partial charge is 0.396 e. The van der Waals surface area contributed by atoms with Crippen molar-refractivity contribution in [1.29, 1.82) is 0 Å². The average molecular weight is 242 g/mol. The topological polar surface area (TPSA) is 45.2 Å². The number of rotatable bonds is 5. The van der Waals surface area contributed by atoms with Crippen molar-refractivity contribution in [2.45, 2.75) is 46.7 Å². The van der Waals surface area contributed by atoms with Crippen LogP contribution in [0.2, 0.25) is 0 Å². The van der Waals surface area contributed by atoms with Gasteiger partial charge in [-0.25, -0.2) is 4.98 Å². The smallest absolute Gasteiger partial charge is 0.0798 e. The minimum atomic E-state index is 0.168. The Morgan fingerprint density at radius 1 is 1.50 bits per heavy atom. The Morgan fingerprint density at radius 3 is 2.62 bits per heavy atom. The Labute approximate surface area is 102 Å². The highest BCUT2D eigenvalue weighted by Gasteiger charge is 2.23. The van der Waals surface area contributed by atoms with Gasteiger partial charge in [-0.15, -0.1) is 11.3 Å². The zero-order valence-electron chi connectivity index (χ0n) is 10.6. The molecule has 0 bridgehead atoms. The summed E-state index contributed by atoms with van der Waals surface area (Å²) in [6.07, 6.45) is 0.793. The third kappa shape index (κ3) is 3.85. The van der Waals surface area contributed by atoms with Crippen molar-refractivity contribution >= 4 is 11.3 Å². The maximum atomic E-state index is 9.06. The van der Waals surface area contributed by atoms with E-state index in [1.165, 1.54) is 4.88 Å². The van der Waals surface area contributed by atoms with Crippen molar-refractivity contribution in [3.63, 3.8) is 0 Å². The van der Waals surface area contributed by atoms with Gasteiger partial charge in [-0.05, 0) is 18.8 Å². The van der Waals surface area contributed by atoms with Crippen LogP contribution in [-0.4, -0.2) is 22.7 Å². The van der Waals surface area contributed by atoms with Crippen molar-refractivity contribution < 1.29 is 5.11 Å². The fourth-order valence-electron chi connectivity index (χ4n) is 1.68. The van der Waals surface area contributed by atoms with Crippen LogP contribution < -0.4 is 5.32 Å². The van der Waals surface area contributed by atoms with Gasteiger partial charge < -0.3 is 10.4 Å². The molecule has 1 heterocycles. The van der Waals surface area contributed by atoms with E-state index in [4.69, 9.17) is 5.11 Å². The second-order valence-electron chi connectivity index (χ2n) is 5.17. The summed E-state index contributed by atoms with van der Waals surface area (Å²) < 4.78 is 0. The second kappa shape index (κ2) is 5.75. The van der Waals surface area contributed by atoms with Gasteiger partial charge in [-0.1, -0.05) is 20.8 Å². The molecule has 4 heteroatoms. The number of aliphatic hydroxyl groups excluding tert-OH is 1. The molecule has 1 aromatic rings. The van der Waals surface area contributed by atoms with Crippen LogP contribution >= 0.6 is 11.3 Å². The lowest BCUT2D eigenvalue weighted by Gasteiger charge is -2.31. The van der Waals surface area contributed by atoms with E-state index in [-0.39, 0.29) is 12.0 Å². The average Bonchev–Trinajstić information content (AvgIpc) is 2.57. The summed E-state index contributed by atoms with van der Waals surface area (Å²) in [6, 6.07) is 0.332. The van der Waals surface area contributed by atoms with Crippen LogP contribution in [0.1, 0.15) is 37.8 Å². The highest BCUT2D eigenvalue weighted by atomic mass is 32.1. The molecule has 1 unspecified atom stereocenters. The number of nitrogens with one attached hydrogen (secondary N) is 1. The number of aryl methyl sites for hydroxylation is 1. The van der Waals surface area contributed by atoms with Gasteiger partial charge >= 0.3 is 0 Å². The fourth-order valence-corrected chi connectivity index (χ4v) is 2.41. The van der Waals surface area contributed by atoms with E-state index in [9.17, 15) is 0 Å². The number of aliphatic hydroxyl groups is 1. The number of nitrogens with zero attached hydrogens (tertiary/aromatic N) is 1. The summed E-state index contributed by atoms with van der Waals surface area (Å²) in [6.45, 7) is 9.69. The Bertz CT molecular complexity index is 317. The van der Waals surface area contributed by atoms with Crippen LogP contribution in [0.5, 0.6) is 0 Å². The first kappa shape index (κ1) is 13.6. The van der Waals surface area contributed by atoms with Gasteiger partial charge in [0.05, 0.1) is 11.2 Å². The first-order valence-electron chi connectivity index (χ1n) is 5.68. The monoisotopic (exact) mass is 242 g/mol. The van der Waals surface area contributed by atoms with Crippen LogP contribution in [-0.2, 0) is 6.54 Å². The van der Waals surface area contributed by atoms with Gasteiger partial charge in [-0.3, -0.25) is 0 Å². The normalized spacial score (nSPS) is 14.1. The SMILES string of the molecule is Cc1ncsc1CNC(CCO)C(C)(C)C. The van der Waals surface area contributed by atoms with Crippen LogP contribution in [0.4, 0.5) is 0 Å². The van der Waals surface area contributed by atoms with Crippen molar-refractivity contribution in [2.24, 2.45) is 5.41 Å². The van der Waals surface area contributed by atoms with Gasteiger partial charge in [0, 0.05) is 24.1 Å². The molecule has 16 heavy (non-hydrogen) atoms. The predicted octanol–water partition coefficient (Wildman–Crippen LogP) is 2.34. The number of aromatic nitrogens is 1. The summed E-state index contributed by atoms with van der Waals surface area (Å²) in [5, 5.41) is 12.6. The van der Waals surface area contributed by atoms with Crippen molar-refractivity contribution in [1.82, 2.24) is 10.3 Å². The number of thiazole rings is 1. The highest BCUT2D eigenvalue weighted by Crippen LogP contribution is 2.22. The van der Waals surface area contributed by atoms with Crippen molar-refractivity contribution in [3.05, 3.63) is 16.1 Å². The van der Waals surface area contributed by atoms with Crippen LogP contribution in [0.3, 0.4) is 0 Å². The first-order valence-corrected chi connectivity index (χ1v) is 6.56. The standard InChI is InChI=1S/C12H22N2OS/c1-9-10(16-8-14-9)7-13-11(5-6-15)12(2,3)4/h8,11,13,15H,5-7H2,1-4H3. The zero-order valence-corrected chi connectivity index (χ0v) is 11.4. The van der Waals surface area contributed by atoms with Crippen molar-refractivity contribution in [2.75, 3.05) is 6.61 Å². The molecule has 0 radical (unpaired) electrons. The first-order chi connectivity index (χ1) is 7.45. The molecule has 0 saturated carbocycles. The summed E-state index contributed by atoms with van der Waals surface area (Å²) in [5.74, 6) is 0. The van der Waals surface area contributed by atoms with E-state index < -0.39 is 0 Å². The molecule has 0 aliphatic rings. The number of hydrogen-bond acceptors (Lipinski definition) is 4. The van der Waals surface area contributed by atoms with Crippen LogP contribution in [0, 0.1) is 12.3 Å². The minimum Gasteiger partial charge on any atom is -0.396 e. The van der Waals surface area contributed by atoms with Gasteiger partial charge in [0.1, 0.15) is 0 Å². The van der Waals surface area contributed by atoms with Gasteiger partial charge in [0.25, 0.3) is 0 Å². The number of hydrogen-bond donors (Lipinski definition) is 2. The summed E-state index contributed by atoms with van der Waals surface area (Å²) in [7, 11) is 0. The van der Waals surface area contributed by atoms with Gasteiger partial charge in [-0.2, -0.15) is 0 Å². The molecule has 0 aliphatic carbocycles. The van der Waals surface area contributed by atoms with E-state index in [0.717, 1.165) is 18.7 Å². The molecule has 0 spiro atoms. The molecule has 0 saturated heterocycles. The second-order valence-corrected chi connectivity index (χ2v) is 6.11. The van der Waals surface area contributed by atoms with Gasteiger partial charge in [0.15, 0.2) is 0 Å². The molecule has 1 aromatic heterocycles. The van der Waals surface area contributed by atoms with E-state index in [1.807, 2.05) is 12.4 Å². The molecular formula is C12H22N2OS. The third-order valence-corrected chi connectivity index (χ3v) is 3.75. The Hall–Kier alpha value is -0.450. The van der Waals surface area contributed by atoms with E-state index in [2.05, 4.69) is 31.1 Å². The van der Waals surface area contributed by atoms with Gasteiger partial charge in [0.2, 0.25) is 0 Å². The molecule has 3 nitrogen and oxygen atoms in total. The summed E-state index contributed by atoms with van der Waals surface area (Å²) >= 11 is 1.68. The molecule has 1 atom stereocenters. The van der Waals surface area contributed by atoms with Crippen molar-refractivity contribution in [3.8, 4) is 0 Å². The fraction of sp³-hybridized carbons (Fsp3) is 0.750. The van der Waals surface area contributed by atoms with E-state index in [0.29, 0.717) is 6.04 Å². The molecule has 1 rings (SSSR count). The molecule has 0 aliphatic heterocycles. The third-order valence-electron chi connectivity index (χ3n) is 2.82. The lowest BCUT2D eigenvalue weighted by atomic mass is 9.85. The maximum Gasteiger partial charge on any atom is 0.0798 e. The molecule has 0 amide bonds. The molecule has 0 aromatic carbocycles. The quantitative estimate of drug-likeness (QED) is 0.833. The van der Waals surface area contributed by atoms with Crippen LogP contribution in [0.15, 0.2) is 5.51 Å². The van der Waals surface area contributed by atoms with E-state index >= 15 is 0 Å². The Morgan fingerprint density at radius 2 is 2.19 bits per heavy atom. The summed E-state index contributed by atoms with van der Waals surface area (Å²) in [5.41, 5.74) is 3.15. The summed E-state index contributed by atoms with van der Waals surface area (Å²) in [4.78, 5) is 5.52. The molecular weight excluding hydrogens is 220 g/mol. The zero-order chi connectivity index (χ0) is 12.2. The van der Waals surface area contributed by atoms with Crippen LogP contribution in [0.25, 0.3) is 0 Å². The Balaban J connectivity index is 2.54. The lowest BCUT2D eigenvalue weighted by molar-refractivity contribution is 0.196. The maximum absolute atomic E-state index is 9.06.